The van der Waals surface area contributed by atoms with Gasteiger partial charge >= 0.3 is 5.97 Å². The molecule has 0 aromatic carbocycles. The molecule has 0 spiro atoms. The van der Waals surface area contributed by atoms with Crippen LogP contribution < -0.4 is 0 Å². The molecule has 0 amide bonds. The summed E-state index contributed by atoms with van der Waals surface area (Å²) in [7, 11) is 0. The van der Waals surface area contributed by atoms with Gasteiger partial charge in [-0.1, -0.05) is 20.8 Å². The monoisotopic (exact) mass is 304 g/mol. The van der Waals surface area contributed by atoms with E-state index in [2.05, 4.69) is 6.92 Å². The number of rotatable bonds is 0. The van der Waals surface area contributed by atoms with Crippen LogP contribution in [0.4, 0.5) is 0 Å². The Morgan fingerprint density at radius 1 is 1.23 bits per heavy atom. The first-order valence-electron chi connectivity index (χ1n) is 8.50. The van der Waals surface area contributed by atoms with Crippen LogP contribution in [0.2, 0.25) is 0 Å². The Hall–Kier alpha value is -1.16. The van der Waals surface area contributed by atoms with E-state index < -0.39 is 11.2 Å². The van der Waals surface area contributed by atoms with E-state index in [1.54, 1.807) is 0 Å². The van der Waals surface area contributed by atoms with Gasteiger partial charge < -0.3 is 9.84 Å². The van der Waals surface area contributed by atoms with Gasteiger partial charge in [0, 0.05) is 29.4 Å². The van der Waals surface area contributed by atoms with Gasteiger partial charge in [0.05, 0.1) is 0 Å². The van der Waals surface area contributed by atoms with Crippen molar-refractivity contribution in [3.63, 3.8) is 0 Å². The number of carbonyl (C=O) groups is 2. The lowest BCUT2D eigenvalue weighted by Gasteiger charge is -2.43. The van der Waals surface area contributed by atoms with Crippen LogP contribution in [-0.2, 0) is 14.3 Å². The highest BCUT2D eigenvalue weighted by Crippen LogP contribution is 2.63. The highest BCUT2D eigenvalue weighted by atomic mass is 16.7. The van der Waals surface area contributed by atoms with Crippen LogP contribution in [0, 0.1) is 29.1 Å². The summed E-state index contributed by atoms with van der Waals surface area (Å²) in [6.45, 7) is 6.18. The number of esters is 1. The smallest absolute Gasteiger partial charge is 0.337 e. The van der Waals surface area contributed by atoms with Gasteiger partial charge in [0.2, 0.25) is 5.79 Å². The van der Waals surface area contributed by atoms with Gasteiger partial charge in [0.15, 0.2) is 0 Å². The highest BCUT2D eigenvalue weighted by molar-refractivity contribution is 5.94. The van der Waals surface area contributed by atoms with Gasteiger partial charge in [-0.05, 0) is 42.9 Å². The fourth-order valence-corrected chi connectivity index (χ4v) is 5.64. The molecule has 22 heavy (non-hydrogen) atoms. The molecule has 0 saturated heterocycles. The molecule has 0 aromatic rings. The molecule has 4 aliphatic rings. The van der Waals surface area contributed by atoms with Crippen LogP contribution in [0.1, 0.15) is 52.9 Å². The Labute approximate surface area is 130 Å². The molecule has 2 saturated carbocycles. The predicted octanol–water partition coefficient (Wildman–Crippen LogP) is 2.60. The zero-order valence-corrected chi connectivity index (χ0v) is 13.5. The second-order valence-corrected chi connectivity index (χ2v) is 8.19. The van der Waals surface area contributed by atoms with Crippen molar-refractivity contribution in [1.29, 1.82) is 0 Å². The molecule has 1 aliphatic heterocycles. The quantitative estimate of drug-likeness (QED) is 0.699. The molecular formula is C18H24O4. The van der Waals surface area contributed by atoms with Crippen LogP contribution in [-0.4, -0.2) is 22.6 Å². The number of hydrogen-bond donors (Lipinski definition) is 1. The number of fused-ring (bicyclic) bond motifs is 2. The maximum Gasteiger partial charge on any atom is 0.337 e. The second kappa shape index (κ2) is 4.22. The first-order chi connectivity index (χ1) is 10.3. The minimum Gasteiger partial charge on any atom is -0.425 e. The Morgan fingerprint density at radius 3 is 2.68 bits per heavy atom. The van der Waals surface area contributed by atoms with Crippen LogP contribution >= 0.6 is 0 Å². The van der Waals surface area contributed by atoms with Gasteiger partial charge in [-0.3, -0.25) is 4.79 Å². The maximum atomic E-state index is 12.5. The predicted molar refractivity (Wildman–Crippen MR) is 79.6 cm³/mol. The van der Waals surface area contributed by atoms with E-state index >= 15 is 0 Å². The molecule has 120 valence electrons. The number of hydrogen-bond acceptors (Lipinski definition) is 4. The van der Waals surface area contributed by atoms with Crippen molar-refractivity contribution in [3.8, 4) is 0 Å². The van der Waals surface area contributed by atoms with Crippen molar-refractivity contribution < 1.29 is 19.4 Å². The molecule has 4 rings (SSSR count). The molecule has 0 radical (unpaired) electrons. The van der Waals surface area contributed by atoms with E-state index in [1.807, 2.05) is 13.8 Å². The summed E-state index contributed by atoms with van der Waals surface area (Å²) in [5, 5.41) is 11.5. The lowest BCUT2D eigenvalue weighted by molar-refractivity contribution is -0.233. The molecule has 2 fully saturated rings. The summed E-state index contributed by atoms with van der Waals surface area (Å²) in [5.74, 6) is -0.932. The number of aliphatic hydroxyl groups is 1. The molecular weight excluding hydrogens is 280 g/mol. The summed E-state index contributed by atoms with van der Waals surface area (Å²) in [6, 6.07) is 0. The van der Waals surface area contributed by atoms with E-state index in [9.17, 15) is 14.7 Å². The van der Waals surface area contributed by atoms with Gasteiger partial charge in [0.1, 0.15) is 5.78 Å². The summed E-state index contributed by atoms with van der Waals surface area (Å²) in [5.41, 5.74) is 0.854. The van der Waals surface area contributed by atoms with Crippen LogP contribution in [0.25, 0.3) is 0 Å². The van der Waals surface area contributed by atoms with E-state index in [1.165, 1.54) is 0 Å². The minimum absolute atomic E-state index is 0.0977. The van der Waals surface area contributed by atoms with Gasteiger partial charge in [-0.25, -0.2) is 4.79 Å². The highest BCUT2D eigenvalue weighted by Gasteiger charge is 2.68. The molecule has 6 atom stereocenters. The molecule has 3 aliphatic carbocycles. The SMILES string of the molecule is C[C@H]1CC[C@H]2C3=C1C(=O)O[C@@]3(O)[C@@]1(C)CC(=O)C[C@H]1C[C@@H]2C. The van der Waals surface area contributed by atoms with Crippen LogP contribution in [0.5, 0.6) is 0 Å². The number of ketones is 1. The fourth-order valence-electron chi connectivity index (χ4n) is 5.64. The summed E-state index contributed by atoms with van der Waals surface area (Å²) < 4.78 is 5.62. The van der Waals surface area contributed by atoms with Crippen molar-refractivity contribution in [2.24, 2.45) is 29.1 Å². The fraction of sp³-hybridized carbons (Fsp3) is 0.778. The van der Waals surface area contributed by atoms with E-state index in [4.69, 9.17) is 4.74 Å². The zero-order valence-electron chi connectivity index (χ0n) is 13.5. The van der Waals surface area contributed by atoms with Gasteiger partial charge in [-0.2, -0.15) is 0 Å². The average molecular weight is 304 g/mol. The third-order valence-electron chi connectivity index (χ3n) is 6.95. The Morgan fingerprint density at radius 2 is 1.95 bits per heavy atom. The molecule has 0 bridgehead atoms. The molecule has 4 heteroatoms. The Balaban J connectivity index is 1.96. The number of ether oxygens (including phenoxy) is 1. The third-order valence-corrected chi connectivity index (χ3v) is 6.95. The molecule has 1 N–H and O–H groups in total. The molecule has 1 heterocycles. The largest absolute Gasteiger partial charge is 0.425 e. The molecule has 0 aromatic heterocycles. The lowest BCUT2D eigenvalue weighted by atomic mass is 9.67. The first kappa shape index (κ1) is 14.4. The normalized spacial score (nSPS) is 50.5. The zero-order chi connectivity index (χ0) is 15.9. The summed E-state index contributed by atoms with van der Waals surface area (Å²) in [6.07, 6.45) is 3.71. The third kappa shape index (κ3) is 1.52. The second-order valence-electron chi connectivity index (χ2n) is 8.19. The minimum atomic E-state index is -1.57. The summed E-state index contributed by atoms with van der Waals surface area (Å²) >= 11 is 0. The van der Waals surface area contributed by atoms with Crippen molar-refractivity contribution in [2.45, 2.75) is 58.7 Å². The van der Waals surface area contributed by atoms with E-state index in [0.29, 0.717) is 24.3 Å². The Bertz CT molecular complexity index is 606. The maximum absolute atomic E-state index is 12.5. The van der Waals surface area contributed by atoms with Crippen molar-refractivity contribution in [2.75, 3.05) is 0 Å². The van der Waals surface area contributed by atoms with Gasteiger partial charge in [-0.15, -0.1) is 0 Å². The van der Waals surface area contributed by atoms with Crippen molar-refractivity contribution in [3.05, 3.63) is 11.1 Å². The van der Waals surface area contributed by atoms with Crippen LogP contribution in [0.3, 0.4) is 0 Å². The Kier molecular flexibility index (Phi) is 2.77. The average Bonchev–Trinajstić information content (AvgIpc) is 2.86. The van der Waals surface area contributed by atoms with E-state index in [0.717, 1.165) is 24.8 Å². The molecule has 0 unspecified atom stereocenters. The van der Waals surface area contributed by atoms with Crippen molar-refractivity contribution in [1.82, 2.24) is 0 Å². The molecule has 4 nitrogen and oxygen atoms in total. The first-order valence-corrected chi connectivity index (χ1v) is 8.50. The number of Topliss-reactive ketones (excluding diaryl/α,β-unsaturated/α-hetero) is 1. The standard InChI is InChI=1S/C18H24O4/c1-9-4-5-13-10(2)6-11-7-12(19)8-17(11,3)18(21)15(13)14(9)16(20)22-18/h9-11,13,21H,4-8H2,1-3H3/t9-,10-,11+,13+,17-,18+/m0/s1. The van der Waals surface area contributed by atoms with E-state index in [-0.39, 0.29) is 29.5 Å². The summed E-state index contributed by atoms with van der Waals surface area (Å²) in [4.78, 5) is 24.6. The lowest BCUT2D eigenvalue weighted by Crippen LogP contribution is -2.50. The van der Waals surface area contributed by atoms with Gasteiger partial charge in [0.25, 0.3) is 0 Å². The van der Waals surface area contributed by atoms with Crippen LogP contribution in [0.15, 0.2) is 11.1 Å². The number of carbonyl (C=O) groups excluding carboxylic acids is 2. The topological polar surface area (TPSA) is 63.6 Å². The van der Waals surface area contributed by atoms with Crippen molar-refractivity contribution >= 4 is 11.8 Å².